The Morgan fingerprint density at radius 1 is 1.30 bits per heavy atom. The van der Waals surface area contributed by atoms with Crippen molar-refractivity contribution in [2.75, 3.05) is 19.6 Å². The Hall–Kier alpha value is -1.92. The molecule has 1 aromatic carbocycles. The molecule has 0 saturated carbocycles. The van der Waals surface area contributed by atoms with Crippen molar-refractivity contribution in [1.29, 1.82) is 0 Å². The van der Waals surface area contributed by atoms with Gasteiger partial charge in [0, 0.05) is 19.1 Å². The maximum atomic E-state index is 13.0. The Kier molecular flexibility index (Phi) is 4.37. The minimum absolute atomic E-state index is 0. The van der Waals surface area contributed by atoms with Gasteiger partial charge >= 0.3 is 0 Å². The first kappa shape index (κ1) is 16.0. The second-order valence-electron chi connectivity index (χ2n) is 6.15. The van der Waals surface area contributed by atoms with Crippen molar-refractivity contribution in [3.63, 3.8) is 0 Å². The minimum atomic E-state index is 0. The lowest BCUT2D eigenvalue weighted by molar-refractivity contribution is 0.0518. The summed E-state index contributed by atoms with van der Waals surface area (Å²) < 4.78 is 0. The first-order chi connectivity index (χ1) is 10.7. The van der Waals surface area contributed by atoms with Gasteiger partial charge in [0.1, 0.15) is 0 Å². The van der Waals surface area contributed by atoms with Crippen molar-refractivity contribution in [1.82, 2.24) is 25.2 Å². The molecule has 0 spiro atoms. The third-order valence-corrected chi connectivity index (χ3v) is 4.70. The number of halogens is 1. The average Bonchev–Trinajstić information content (AvgIpc) is 3.02. The largest absolute Gasteiger partial charge is 0.337 e. The van der Waals surface area contributed by atoms with E-state index in [1.807, 2.05) is 30.0 Å². The van der Waals surface area contributed by atoms with E-state index in [4.69, 9.17) is 0 Å². The number of nitrogens with zero attached hydrogens (tertiary/aromatic N) is 4. The number of amides is 1. The molecule has 3 heterocycles. The van der Waals surface area contributed by atoms with Gasteiger partial charge in [-0.2, -0.15) is 15.0 Å². The molecule has 0 radical (unpaired) electrons. The van der Waals surface area contributed by atoms with Crippen LogP contribution in [0.1, 0.15) is 22.3 Å². The van der Waals surface area contributed by atoms with E-state index < -0.39 is 0 Å². The summed E-state index contributed by atoms with van der Waals surface area (Å²) in [5.41, 5.74) is 2.48. The van der Waals surface area contributed by atoms with Crippen molar-refractivity contribution in [2.45, 2.75) is 19.4 Å². The number of aryl methyl sites for hydroxylation is 1. The highest BCUT2D eigenvalue weighted by atomic mass is 35.5. The lowest BCUT2D eigenvalue weighted by atomic mass is 9.85. The first-order valence-corrected chi connectivity index (χ1v) is 7.72. The van der Waals surface area contributed by atoms with Crippen LogP contribution in [0.4, 0.5) is 0 Å². The zero-order valence-electron chi connectivity index (χ0n) is 13.0. The quantitative estimate of drug-likeness (QED) is 0.903. The molecule has 2 atom stereocenters. The molecule has 2 aliphatic heterocycles. The van der Waals surface area contributed by atoms with Crippen LogP contribution in [0.3, 0.4) is 0 Å². The number of rotatable bonds is 2. The summed E-state index contributed by atoms with van der Waals surface area (Å²) in [6.07, 6.45) is 4.33. The molecule has 0 aliphatic carbocycles. The van der Waals surface area contributed by atoms with E-state index in [0.717, 1.165) is 43.2 Å². The van der Waals surface area contributed by atoms with Gasteiger partial charge in [0.15, 0.2) is 0 Å². The second-order valence-corrected chi connectivity index (χ2v) is 6.15. The fraction of sp³-hybridized carbons (Fsp3) is 0.438. The third-order valence-electron chi connectivity index (χ3n) is 4.70. The Balaban J connectivity index is 0.00000156. The molecule has 0 unspecified atom stereocenters. The molecule has 23 heavy (non-hydrogen) atoms. The van der Waals surface area contributed by atoms with E-state index in [1.54, 1.807) is 12.4 Å². The van der Waals surface area contributed by atoms with Gasteiger partial charge in [0.2, 0.25) is 0 Å². The standard InChI is InChI=1S/C16H19N5O.ClH/c1-11-2-3-15(21-18-5-6-19-21)13(8-11)16(22)20-7-4-12-9-17-14(12)10-20;/h2-3,5-6,8,12,14,17H,4,7,9-10H2,1H3;1H/t12-,14-;/m0./s1. The normalized spacial score (nSPS) is 22.7. The highest BCUT2D eigenvalue weighted by Gasteiger charge is 2.37. The smallest absolute Gasteiger partial charge is 0.256 e. The predicted molar refractivity (Wildman–Crippen MR) is 89.1 cm³/mol. The molecule has 1 aromatic heterocycles. The van der Waals surface area contributed by atoms with Crippen molar-refractivity contribution in [3.05, 3.63) is 41.7 Å². The topological polar surface area (TPSA) is 63.1 Å². The maximum Gasteiger partial charge on any atom is 0.256 e. The van der Waals surface area contributed by atoms with Crippen LogP contribution in [0.5, 0.6) is 0 Å². The van der Waals surface area contributed by atoms with E-state index in [9.17, 15) is 4.79 Å². The number of benzene rings is 1. The molecule has 122 valence electrons. The Morgan fingerprint density at radius 3 is 2.74 bits per heavy atom. The molecule has 4 rings (SSSR count). The number of likely N-dealkylation sites (tertiary alicyclic amines) is 1. The number of carbonyl (C=O) groups excluding carboxylic acids is 1. The number of fused-ring (bicyclic) bond motifs is 1. The van der Waals surface area contributed by atoms with Crippen LogP contribution in [0.2, 0.25) is 0 Å². The Bertz CT molecular complexity index is 703. The van der Waals surface area contributed by atoms with Crippen LogP contribution < -0.4 is 5.32 Å². The minimum Gasteiger partial charge on any atom is -0.337 e. The van der Waals surface area contributed by atoms with Gasteiger partial charge in [-0.15, -0.1) is 12.4 Å². The monoisotopic (exact) mass is 333 g/mol. The zero-order chi connectivity index (χ0) is 15.1. The Morgan fingerprint density at radius 2 is 2.09 bits per heavy atom. The van der Waals surface area contributed by atoms with Crippen LogP contribution in [-0.2, 0) is 0 Å². The summed E-state index contributed by atoms with van der Waals surface area (Å²) >= 11 is 0. The van der Waals surface area contributed by atoms with Gasteiger partial charge in [-0.3, -0.25) is 4.79 Å². The SMILES string of the molecule is Cc1ccc(-n2nccn2)c(C(=O)N2CC[C@H]3CN[C@H]3C2)c1.Cl. The van der Waals surface area contributed by atoms with E-state index in [0.29, 0.717) is 11.6 Å². The molecule has 2 aromatic rings. The van der Waals surface area contributed by atoms with Gasteiger partial charge in [0.05, 0.1) is 23.6 Å². The summed E-state index contributed by atoms with van der Waals surface area (Å²) in [7, 11) is 0. The summed E-state index contributed by atoms with van der Waals surface area (Å²) in [6, 6.07) is 6.29. The van der Waals surface area contributed by atoms with Crippen LogP contribution in [0, 0.1) is 12.8 Å². The molecule has 0 bridgehead atoms. The number of hydrogen-bond donors (Lipinski definition) is 1. The van der Waals surface area contributed by atoms with Crippen molar-refractivity contribution >= 4 is 18.3 Å². The van der Waals surface area contributed by atoms with E-state index in [-0.39, 0.29) is 18.3 Å². The van der Waals surface area contributed by atoms with Gasteiger partial charge in [0.25, 0.3) is 5.91 Å². The van der Waals surface area contributed by atoms with Gasteiger partial charge in [-0.05, 0) is 37.9 Å². The molecular formula is C16H20ClN5O. The highest BCUT2D eigenvalue weighted by Crippen LogP contribution is 2.26. The fourth-order valence-corrected chi connectivity index (χ4v) is 3.31. The number of piperidine rings is 1. The van der Waals surface area contributed by atoms with Crippen LogP contribution >= 0.6 is 12.4 Å². The Labute approximate surface area is 141 Å². The number of aromatic nitrogens is 3. The molecule has 2 fully saturated rings. The summed E-state index contributed by atoms with van der Waals surface area (Å²) in [5.74, 6) is 0.817. The second kappa shape index (κ2) is 6.29. The third kappa shape index (κ3) is 2.84. The number of carbonyl (C=O) groups is 1. The number of hydrogen-bond acceptors (Lipinski definition) is 4. The number of nitrogens with one attached hydrogen (secondary N) is 1. The molecule has 2 saturated heterocycles. The average molecular weight is 334 g/mol. The van der Waals surface area contributed by atoms with Gasteiger partial charge in [-0.25, -0.2) is 0 Å². The zero-order valence-corrected chi connectivity index (χ0v) is 13.8. The summed E-state index contributed by atoms with van der Waals surface area (Å²) in [4.78, 5) is 16.4. The van der Waals surface area contributed by atoms with E-state index in [1.165, 1.54) is 4.80 Å². The van der Waals surface area contributed by atoms with Crippen molar-refractivity contribution < 1.29 is 4.79 Å². The highest BCUT2D eigenvalue weighted by molar-refractivity contribution is 5.98. The lowest BCUT2D eigenvalue weighted by Gasteiger charge is -2.46. The van der Waals surface area contributed by atoms with Crippen LogP contribution in [0.15, 0.2) is 30.6 Å². The lowest BCUT2D eigenvalue weighted by Crippen LogP contribution is -2.62. The van der Waals surface area contributed by atoms with Gasteiger partial charge < -0.3 is 10.2 Å². The van der Waals surface area contributed by atoms with Crippen LogP contribution in [-0.4, -0.2) is 51.5 Å². The summed E-state index contributed by atoms with van der Waals surface area (Å²) in [5, 5.41) is 11.7. The molecule has 2 aliphatic rings. The van der Waals surface area contributed by atoms with E-state index in [2.05, 4.69) is 15.5 Å². The van der Waals surface area contributed by atoms with Gasteiger partial charge in [-0.1, -0.05) is 11.6 Å². The fourth-order valence-electron chi connectivity index (χ4n) is 3.31. The molecular weight excluding hydrogens is 314 g/mol. The molecule has 1 N–H and O–H groups in total. The van der Waals surface area contributed by atoms with Crippen molar-refractivity contribution in [3.8, 4) is 5.69 Å². The predicted octanol–water partition coefficient (Wildman–Crippen LogP) is 1.43. The first-order valence-electron chi connectivity index (χ1n) is 7.72. The molecule has 1 amide bonds. The van der Waals surface area contributed by atoms with E-state index >= 15 is 0 Å². The maximum absolute atomic E-state index is 13.0. The summed E-state index contributed by atoms with van der Waals surface area (Å²) in [6.45, 7) is 4.72. The van der Waals surface area contributed by atoms with Crippen LogP contribution in [0.25, 0.3) is 5.69 Å². The molecule has 6 nitrogen and oxygen atoms in total. The van der Waals surface area contributed by atoms with Crippen molar-refractivity contribution in [2.24, 2.45) is 5.92 Å². The molecule has 7 heteroatoms.